The first-order valence-corrected chi connectivity index (χ1v) is 6.99. The van der Waals surface area contributed by atoms with Crippen molar-refractivity contribution in [2.24, 2.45) is 0 Å². The van der Waals surface area contributed by atoms with Crippen molar-refractivity contribution in [3.8, 4) is 0 Å². The molecule has 4 heteroatoms. The Hall–Kier alpha value is -1.26. The number of thiazole rings is 1. The molecule has 0 amide bonds. The fraction of sp³-hybridized carbons (Fsp3) is 0.429. The van der Waals surface area contributed by atoms with Crippen LogP contribution >= 0.6 is 11.3 Å². The zero-order chi connectivity index (χ0) is 13.1. The summed E-state index contributed by atoms with van der Waals surface area (Å²) in [4.78, 5) is 10.0. The first-order chi connectivity index (χ1) is 8.58. The van der Waals surface area contributed by atoms with E-state index >= 15 is 0 Å². The molecule has 0 aliphatic carbocycles. The van der Waals surface area contributed by atoms with E-state index < -0.39 is 0 Å². The van der Waals surface area contributed by atoms with Crippen molar-refractivity contribution in [3.05, 3.63) is 45.7 Å². The van der Waals surface area contributed by atoms with Crippen LogP contribution in [0.1, 0.15) is 47.1 Å². The van der Waals surface area contributed by atoms with Crippen molar-refractivity contribution in [1.82, 2.24) is 15.3 Å². The monoisotopic (exact) mass is 261 g/mol. The fourth-order valence-corrected chi connectivity index (χ4v) is 3.04. The van der Waals surface area contributed by atoms with Crippen LogP contribution < -0.4 is 5.32 Å². The van der Waals surface area contributed by atoms with Gasteiger partial charge in [0.1, 0.15) is 0 Å². The molecule has 3 nitrogen and oxygen atoms in total. The molecule has 2 aromatic rings. The third-order valence-electron chi connectivity index (χ3n) is 3.03. The van der Waals surface area contributed by atoms with Crippen molar-refractivity contribution < 1.29 is 0 Å². The zero-order valence-corrected chi connectivity index (χ0v) is 12.1. The summed E-state index contributed by atoms with van der Waals surface area (Å²) in [5.41, 5.74) is 2.36. The van der Waals surface area contributed by atoms with Gasteiger partial charge in [-0.1, -0.05) is 6.07 Å². The maximum absolute atomic E-state index is 4.60. The van der Waals surface area contributed by atoms with Gasteiger partial charge in [-0.25, -0.2) is 4.98 Å². The second-order valence-corrected chi connectivity index (χ2v) is 5.98. The van der Waals surface area contributed by atoms with Crippen molar-refractivity contribution in [2.45, 2.75) is 39.8 Å². The molecule has 0 aromatic carbocycles. The maximum atomic E-state index is 4.60. The van der Waals surface area contributed by atoms with Gasteiger partial charge in [0.25, 0.3) is 0 Å². The van der Waals surface area contributed by atoms with Gasteiger partial charge in [0, 0.05) is 29.4 Å². The lowest BCUT2D eigenvalue weighted by Gasteiger charge is -2.19. The zero-order valence-electron chi connectivity index (χ0n) is 11.3. The maximum Gasteiger partial charge on any atom is 0.0900 e. The van der Waals surface area contributed by atoms with Crippen LogP contribution in [0.3, 0.4) is 0 Å². The van der Waals surface area contributed by atoms with Gasteiger partial charge in [0.2, 0.25) is 0 Å². The van der Waals surface area contributed by atoms with Crippen molar-refractivity contribution in [2.75, 3.05) is 0 Å². The van der Waals surface area contributed by atoms with Crippen LogP contribution in [0.25, 0.3) is 0 Å². The average Bonchev–Trinajstić information content (AvgIpc) is 2.69. The molecule has 0 spiro atoms. The summed E-state index contributed by atoms with van der Waals surface area (Å²) in [6.07, 6.45) is 3.71. The van der Waals surface area contributed by atoms with Crippen LogP contribution in [0.15, 0.2) is 24.5 Å². The first-order valence-electron chi connectivity index (χ1n) is 6.18. The van der Waals surface area contributed by atoms with E-state index in [2.05, 4.69) is 49.0 Å². The molecule has 2 heterocycles. The van der Waals surface area contributed by atoms with E-state index in [-0.39, 0.29) is 12.1 Å². The van der Waals surface area contributed by atoms with E-state index in [1.165, 1.54) is 10.4 Å². The van der Waals surface area contributed by atoms with E-state index in [1.54, 1.807) is 17.5 Å². The van der Waals surface area contributed by atoms with Gasteiger partial charge in [0.05, 0.1) is 10.7 Å². The molecule has 2 aromatic heterocycles. The highest BCUT2D eigenvalue weighted by molar-refractivity contribution is 7.11. The Bertz CT molecular complexity index is 507. The Morgan fingerprint density at radius 2 is 2.00 bits per heavy atom. The van der Waals surface area contributed by atoms with Gasteiger partial charge in [-0.3, -0.25) is 4.98 Å². The molecule has 0 saturated carbocycles. The number of pyridine rings is 1. The lowest BCUT2D eigenvalue weighted by Crippen LogP contribution is -2.23. The Kier molecular flexibility index (Phi) is 4.09. The van der Waals surface area contributed by atoms with Crippen molar-refractivity contribution in [3.63, 3.8) is 0 Å². The summed E-state index contributed by atoms with van der Waals surface area (Å²) >= 11 is 1.76. The molecular formula is C14H19N3S. The lowest BCUT2D eigenvalue weighted by molar-refractivity contribution is 0.485. The van der Waals surface area contributed by atoms with Crippen LogP contribution in [-0.4, -0.2) is 9.97 Å². The summed E-state index contributed by atoms with van der Waals surface area (Å²) in [5.74, 6) is 0. The van der Waals surface area contributed by atoms with Gasteiger partial charge in [0.15, 0.2) is 0 Å². The Labute approximate surface area is 112 Å². The molecule has 0 bridgehead atoms. The highest BCUT2D eigenvalue weighted by Crippen LogP contribution is 2.24. The van der Waals surface area contributed by atoms with Crippen LogP contribution in [-0.2, 0) is 0 Å². The summed E-state index contributed by atoms with van der Waals surface area (Å²) < 4.78 is 0. The molecule has 0 aliphatic rings. The number of hydrogen-bond donors (Lipinski definition) is 1. The SMILES string of the molecule is Cc1nc(C(C)N[C@@H](C)c2cccnc2)c(C)s1. The Morgan fingerprint density at radius 1 is 1.22 bits per heavy atom. The minimum atomic E-state index is 0.255. The molecule has 2 atom stereocenters. The number of nitrogens with one attached hydrogen (secondary N) is 1. The molecule has 1 unspecified atom stereocenters. The van der Waals surface area contributed by atoms with Crippen LogP contribution in [0.4, 0.5) is 0 Å². The van der Waals surface area contributed by atoms with Gasteiger partial charge in [-0.2, -0.15) is 0 Å². The summed E-state index contributed by atoms with van der Waals surface area (Å²) in [6, 6.07) is 4.59. The number of aromatic nitrogens is 2. The van der Waals surface area contributed by atoms with Crippen LogP contribution in [0.5, 0.6) is 0 Å². The van der Waals surface area contributed by atoms with E-state index in [9.17, 15) is 0 Å². The van der Waals surface area contributed by atoms with Crippen molar-refractivity contribution >= 4 is 11.3 Å². The van der Waals surface area contributed by atoms with E-state index in [1.807, 2.05) is 12.3 Å². The average molecular weight is 261 g/mol. The smallest absolute Gasteiger partial charge is 0.0900 e. The number of rotatable bonds is 4. The third-order valence-corrected chi connectivity index (χ3v) is 3.94. The molecule has 0 radical (unpaired) electrons. The molecular weight excluding hydrogens is 242 g/mol. The quantitative estimate of drug-likeness (QED) is 0.914. The minimum absolute atomic E-state index is 0.255. The molecule has 0 saturated heterocycles. The summed E-state index contributed by atoms with van der Waals surface area (Å²) in [5, 5.41) is 4.70. The second-order valence-electron chi connectivity index (χ2n) is 4.57. The number of aryl methyl sites for hydroxylation is 2. The summed E-state index contributed by atoms with van der Waals surface area (Å²) in [7, 11) is 0. The van der Waals surface area contributed by atoms with Gasteiger partial charge in [-0.15, -0.1) is 11.3 Å². The topological polar surface area (TPSA) is 37.8 Å². The summed E-state index contributed by atoms with van der Waals surface area (Å²) in [6.45, 7) is 8.50. The van der Waals surface area contributed by atoms with E-state index in [0.717, 1.165) is 10.7 Å². The van der Waals surface area contributed by atoms with Gasteiger partial charge >= 0.3 is 0 Å². The standard InChI is InChI=1S/C14H19N3S/c1-9(13-6-5-7-15-8-13)16-10(2)14-11(3)18-12(4)17-14/h5-10,16H,1-4H3/t9-,10?/m0/s1. The van der Waals surface area contributed by atoms with E-state index in [0.29, 0.717) is 0 Å². The molecule has 96 valence electrons. The molecule has 0 aliphatic heterocycles. The normalized spacial score (nSPS) is 14.4. The number of nitrogens with zero attached hydrogens (tertiary/aromatic N) is 2. The minimum Gasteiger partial charge on any atom is -0.302 e. The Morgan fingerprint density at radius 3 is 2.56 bits per heavy atom. The predicted molar refractivity (Wildman–Crippen MR) is 75.8 cm³/mol. The number of hydrogen-bond acceptors (Lipinski definition) is 4. The lowest BCUT2D eigenvalue weighted by atomic mass is 10.1. The fourth-order valence-electron chi connectivity index (χ4n) is 2.13. The van der Waals surface area contributed by atoms with Gasteiger partial charge in [-0.05, 0) is 39.3 Å². The Balaban J connectivity index is 2.08. The van der Waals surface area contributed by atoms with Crippen LogP contribution in [0.2, 0.25) is 0 Å². The second kappa shape index (κ2) is 5.59. The van der Waals surface area contributed by atoms with Gasteiger partial charge < -0.3 is 5.32 Å². The largest absolute Gasteiger partial charge is 0.302 e. The molecule has 2 rings (SSSR count). The van der Waals surface area contributed by atoms with Crippen LogP contribution in [0, 0.1) is 13.8 Å². The molecule has 0 fully saturated rings. The highest BCUT2D eigenvalue weighted by atomic mass is 32.1. The molecule has 18 heavy (non-hydrogen) atoms. The highest BCUT2D eigenvalue weighted by Gasteiger charge is 2.15. The van der Waals surface area contributed by atoms with Crippen molar-refractivity contribution in [1.29, 1.82) is 0 Å². The third kappa shape index (κ3) is 2.94. The predicted octanol–water partition coefficient (Wildman–Crippen LogP) is 3.57. The van der Waals surface area contributed by atoms with E-state index in [4.69, 9.17) is 0 Å². The first kappa shape index (κ1) is 13.2. The molecule has 1 N–H and O–H groups in total.